The number of hydrogen-bond acceptors (Lipinski definition) is 6. The largest absolute Gasteiger partial charge is 0.389 e. The lowest BCUT2D eigenvalue weighted by Gasteiger charge is -2.35. The Balaban J connectivity index is 1.72. The smallest absolute Gasteiger partial charge is 0.222 e. The molecule has 0 bridgehead atoms. The first-order valence-corrected chi connectivity index (χ1v) is 11.4. The van der Waals surface area contributed by atoms with Gasteiger partial charge in [-0.25, -0.2) is 17.8 Å². The molecule has 2 aliphatic rings. The van der Waals surface area contributed by atoms with Crippen LogP contribution in [0.3, 0.4) is 0 Å². The number of aromatic nitrogens is 1. The molecule has 0 spiro atoms. The minimum Gasteiger partial charge on any atom is -0.389 e. The lowest BCUT2D eigenvalue weighted by atomic mass is 10.0. The summed E-state index contributed by atoms with van der Waals surface area (Å²) in [5.74, 6) is 0.399. The van der Waals surface area contributed by atoms with Crippen molar-refractivity contribution < 1.29 is 17.9 Å². The van der Waals surface area contributed by atoms with E-state index in [0.29, 0.717) is 37.7 Å². The Hall–Kier alpha value is -1.55. The van der Waals surface area contributed by atoms with Gasteiger partial charge in [-0.1, -0.05) is 11.6 Å². The van der Waals surface area contributed by atoms with Gasteiger partial charge in [0.05, 0.1) is 23.3 Å². The molecule has 0 saturated carbocycles. The molecule has 3 heterocycles. The number of rotatable bonds is 5. The Morgan fingerprint density at radius 1 is 1.31 bits per heavy atom. The number of aliphatic hydroxyl groups is 1. The van der Waals surface area contributed by atoms with Gasteiger partial charge in [0.2, 0.25) is 15.2 Å². The van der Waals surface area contributed by atoms with E-state index >= 15 is 0 Å². The van der Waals surface area contributed by atoms with Crippen molar-refractivity contribution in [3.05, 3.63) is 29.5 Å². The van der Waals surface area contributed by atoms with Gasteiger partial charge in [-0.3, -0.25) is 4.99 Å². The molecule has 1 saturated heterocycles. The molecule has 160 valence electrons. The van der Waals surface area contributed by atoms with Crippen molar-refractivity contribution >= 4 is 39.4 Å². The fraction of sp³-hybridized carbons (Fsp3) is 0.579. The van der Waals surface area contributed by atoms with Gasteiger partial charge in [-0.05, 0) is 38.5 Å². The van der Waals surface area contributed by atoms with Gasteiger partial charge in [0.15, 0.2) is 0 Å². The predicted octanol–water partition coefficient (Wildman–Crippen LogP) is 2.41. The van der Waals surface area contributed by atoms with E-state index in [1.807, 2.05) is 17.0 Å². The Labute approximate surface area is 175 Å². The lowest BCUT2D eigenvalue weighted by molar-refractivity contribution is 0.103. The van der Waals surface area contributed by atoms with Crippen molar-refractivity contribution in [2.24, 2.45) is 4.99 Å². The molecular weight excluding hydrogens is 419 g/mol. The number of allylic oxidation sites excluding steroid dienone is 1. The van der Waals surface area contributed by atoms with Crippen LogP contribution < -0.4 is 4.90 Å². The molecule has 29 heavy (non-hydrogen) atoms. The Morgan fingerprint density at radius 3 is 2.55 bits per heavy atom. The third-order valence-corrected chi connectivity index (χ3v) is 7.25. The van der Waals surface area contributed by atoms with Gasteiger partial charge in [0.1, 0.15) is 5.82 Å². The summed E-state index contributed by atoms with van der Waals surface area (Å²) in [6.45, 7) is 6.38. The van der Waals surface area contributed by atoms with Crippen LogP contribution in [0.5, 0.6) is 0 Å². The quantitative estimate of drug-likeness (QED) is 0.705. The Morgan fingerprint density at radius 2 is 1.97 bits per heavy atom. The molecule has 0 aromatic carbocycles. The molecule has 3 rings (SSSR count). The number of halogens is 2. The summed E-state index contributed by atoms with van der Waals surface area (Å²) in [6, 6.07) is 3.68. The summed E-state index contributed by atoms with van der Waals surface area (Å²) >= 11 is 5.72. The second-order valence-electron chi connectivity index (χ2n) is 8.18. The fourth-order valence-corrected chi connectivity index (χ4v) is 5.59. The maximum Gasteiger partial charge on any atom is 0.222 e. The highest BCUT2D eigenvalue weighted by atomic mass is 35.5. The second kappa shape index (κ2) is 7.94. The SMILES string of the molecule is CC1=C(c2ccnc(N3CCN(S(=O)(=O)CC(C)(C)O)CC3)c2)N=CC(F)(Cl)C1. The van der Waals surface area contributed by atoms with Crippen LogP contribution in [-0.4, -0.2) is 71.7 Å². The van der Waals surface area contributed by atoms with Gasteiger partial charge in [0, 0.05) is 44.4 Å². The highest BCUT2D eigenvalue weighted by Crippen LogP contribution is 2.35. The molecule has 2 aliphatic heterocycles. The maximum absolute atomic E-state index is 13.9. The van der Waals surface area contributed by atoms with Crippen LogP contribution in [0.4, 0.5) is 10.2 Å². The molecule has 1 fully saturated rings. The molecular formula is C19H26ClFN4O3S. The molecule has 1 unspecified atom stereocenters. The maximum atomic E-state index is 13.9. The zero-order valence-corrected chi connectivity index (χ0v) is 18.3. The topological polar surface area (TPSA) is 86.1 Å². The summed E-state index contributed by atoms with van der Waals surface area (Å²) in [6.07, 6.45) is 2.85. The molecule has 1 N–H and O–H groups in total. The van der Waals surface area contributed by atoms with Crippen molar-refractivity contribution in [2.45, 2.75) is 37.9 Å². The molecule has 1 aromatic heterocycles. The van der Waals surface area contributed by atoms with Crippen LogP contribution in [0.15, 0.2) is 28.9 Å². The van der Waals surface area contributed by atoms with Crippen molar-refractivity contribution in [1.82, 2.24) is 9.29 Å². The summed E-state index contributed by atoms with van der Waals surface area (Å²) in [5, 5.41) is 7.90. The van der Waals surface area contributed by atoms with E-state index in [1.165, 1.54) is 18.2 Å². The summed E-state index contributed by atoms with van der Waals surface area (Å²) in [7, 11) is -3.53. The van der Waals surface area contributed by atoms with Crippen molar-refractivity contribution in [3.63, 3.8) is 0 Å². The van der Waals surface area contributed by atoms with E-state index in [2.05, 4.69) is 9.98 Å². The van der Waals surface area contributed by atoms with E-state index in [1.54, 1.807) is 13.1 Å². The minimum atomic E-state index is -3.53. The van der Waals surface area contributed by atoms with E-state index in [0.717, 1.165) is 17.4 Å². The van der Waals surface area contributed by atoms with Gasteiger partial charge in [-0.15, -0.1) is 0 Å². The first-order chi connectivity index (χ1) is 13.4. The predicted molar refractivity (Wildman–Crippen MR) is 114 cm³/mol. The number of sulfonamides is 1. The first-order valence-electron chi connectivity index (χ1n) is 9.41. The van der Waals surface area contributed by atoms with E-state index in [4.69, 9.17) is 11.6 Å². The van der Waals surface area contributed by atoms with Gasteiger partial charge in [0.25, 0.3) is 0 Å². The number of piperazine rings is 1. The van der Waals surface area contributed by atoms with E-state index in [9.17, 15) is 17.9 Å². The minimum absolute atomic E-state index is 0.0722. The van der Waals surface area contributed by atoms with Crippen LogP contribution in [0.2, 0.25) is 0 Å². The molecule has 1 aromatic rings. The van der Waals surface area contributed by atoms with Crippen LogP contribution in [0.1, 0.15) is 32.8 Å². The third-order valence-electron chi connectivity index (χ3n) is 4.80. The van der Waals surface area contributed by atoms with Crippen molar-refractivity contribution in [1.29, 1.82) is 0 Å². The summed E-state index contributed by atoms with van der Waals surface area (Å²) in [5.41, 5.74) is 0.963. The van der Waals surface area contributed by atoms with Gasteiger partial charge < -0.3 is 10.0 Å². The molecule has 0 aliphatic carbocycles. The number of pyridine rings is 1. The highest BCUT2D eigenvalue weighted by Gasteiger charge is 2.32. The van der Waals surface area contributed by atoms with E-state index in [-0.39, 0.29) is 12.2 Å². The van der Waals surface area contributed by atoms with Gasteiger partial charge in [-0.2, -0.15) is 4.31 Å². The average molecular weight is 445 g/mol. The Bertz CT molecular complexity index is 933. The van der Waals surface area contributed by atoms with Crippen LogP contribution >= 0.6 is 11.6 Å². The van der Waals surface area contributed by atoms with E-state index < -0.39 is 20.8 Å². The monoisotopic (exact) mass is 444 g/mol. The molecule has 0 radical (unpaired) electrons. The highest BCUT2D eigenvalue weighted by molar-refractivity contribution is 7.89. The first kappa shape index (κ1) is 22.1. The molecule has 1 atom stereocenters. The zero-order chi connectivity index (χ0) is 21.4. The van der Waals surface area contributed by atoms with Crippen LogP contribution in [0, 0.1) is 0 Å². The number of nitrogens with zero attached hydrogens (tertiary/aromatic N) is 4. The van der Waals surface area contributed by atoms with Crippen molar-refractivity contribution in [3.8, 4) is 0 Å². The number of aliphatic imine (C=N–C) groups is 1. The van der Waals surface area contributed by atoms with Crippen LogP contribution in [0.25, 0.3) is 5.70 Å². The fourth-order valence-electron chi connectivity index (χ4n) is 3.54. The van der Waals surface area contributed by atoms with Crippen LogP contribution in [-0.2, 0) is 10.0 Å². The number of anilines is 1. The normalized spacial score (nSPS) is 24.3. The van der Waals surface area contributed by atoms with Crippen molar-refractivity contribution in [2.75, 3.05) is 36.8 Å². The second-order valence-corrected chi connectivity index (χ2v) is 10.8. The van der Waals surface area contributed by atoms with Gasteiger partial charge >= 0.3 is 0 Å². The molecule has 0 amide bonds. The number of hydrogen-bond donors (Lipinski definition) is 1. The zero-order valence-electron chi connectivity index (χ0n) is 16.8. The number of alkyl halides is 2. The lowest BCUT2D eigenvalue weighted by Crippen LogP contribution is -2.51. The molecule has 7 nitrogen and oxygen atoms in total. The summed E-state index contributed by atoms with van der Waals surface area (Å²) in [4.78, 5) is 10.6. The summed E-state index contributed by atoms with van der Waals surface area (Å²) < 4.78 is 40.2. The molecule has 10 heteroatoms. The Kier molecular flexibility index (Phi) is 6.06. The standard InChI is InChI=1S/C19H26ClFN4O3S/c1-14-11-19(20,21)12-23-17(14)15-4-5-22-16(10-15)24-6-8-25(9-7-24)29(27,28)13-18(2,3)26/h4-5,10,12,26H,6-9,11,13H2,1-3H3. The average Bonchev–Trinajstić information content (AvgIpc) is 2.59. The third kappa shape index (κ3) is 5.53.